The number of urea groups is 1. The van der Waals surface area contributed by atoms with Crippen molar-refractivity contribution in [1.29, 1.82) is 0 Å². The molecule has 21 heavy (non-hydrogen) atoms. The van der Waals surface area contributed by atoms with E-state index in [-0.39, 0.29) is 0 Å². The van der Waals surface area contributed by atoms with Gasteiger partial charge in [-0.05, 0) is 43.5 Å². The first-order valence-electron chi connectivity index (χ1n) is 6.94. The molecule has 6 nitrogen and oxygen atoms in total. The summed E-state index contributed by atoms with van der Waals surface area (Å²) >= 11 is 0. The Labute approximate surface area is 123 Å². The lowest BCUT2D eigenvalue weighted by Crippen LogP contribution is -2.53. The fraction of sp³-hybridized carbons (Fsp3) is 0.467. The summed E-state index contributed by atoms with van der Waals surface area (Å²) in [7, 11) is 1.57. The second-order valence-corrected chi connectivity index (χ2v) is 5.35. The molecule has 0 saturated heterocycles. The molecule has 0 spiro atoms. The predicted molar refractivity (Wildman–Crippen MR) is 78.7 cm³/mol. The third-order valence-corrected chi connectivity index (χ3v) is 3.90. The number of nitrogens with one attached hydrogen (secondary N) is 2. The lowest BCUT2D eigenvalue weighted by atomic mass is 9.98. The summed E-state index contributed by atoms with van der Waals surface area (Å²) in [6, 6.07) is 4.78. The van der Waals surface area contributed by atoms with Gasteiger partial charge in [-0.3, -0.25) is 0 Å². The topological polar surface area (TPSA) is 87.7 Å². The third-order valence-electron chi connectivity index (χ3n) is 3.90. The summed E-state index contributed by atoms with van der Waals surface area (Å²) < 4.78 is 5.10. The Morgan fingerprint density at radius 3 is 2.48 bits per heavy atom. The van der Waals surface area contributed by atoms with Crippen LogP contribution in [-0.2, 0) is 4.79 Å². The van der Waals surface area contributed by atoms with E-state index < -0.39 is 17.5 Å². The zero-order chi connectivity index (χ0) is 15.5. The molecule has 114 valence electrons. The number of aliphatic carboxylic acids is 1. The number of aryl methyl sites for hydroxylation is 1. The van der Waals surface area contributed by atoms with E-state index in [2.05, 4.69) is 10.6 Å². The lowest BCUT2D eigenvalue weighted by Gasteiger charge is -2.25. The minimum Gasteiger partial charge on any atom is -0.497 e. The van der Waals surface area contributed by atoms with Crippen molar-refractivity contribution in [3.63, 3.8) is 0 Å². The molecule has 0 atom stereocenters. The maximum Gasteiger partial charge on any atom is 0.329 e. The fourth-order valence-corrected chi connectivity index (χ4v) is 2.65. The molecule has 2 amide bonds. The highest BCUT2D eigenvalue weighted by Gasteiger charge is 2.42. The zero-order valence-corrected chi connectivity index (χ0v) is 12.2. The van der Waals surface area contributed by atoms with Gasteiger partial charge in [0.2, 0.25) is 0 Å². The second kappa shape index (κ2) is 6.03. The number of hydrogen-bond acceptors (Lipinski definition) is 3. The molecule has 1 saturated carbocycles. The van der Waals surface area contributed by atoms with Crippen LogP contribution in [0.15, 0.2) is 18.2 Å². The Bertz CT molecular complexity index is 551. The van der Waals surface area contributed by atoms with Crippen LogP contribution in [0.2, 0.25) is 0 Å². The monoisotopic (exact) mass is 292 g/mol. The van der Waals surface area contributed by atoms with E-state index in [4.69, 9.17) is 4.74 Å². The third kappa shape index (κ3) is 3.26. The van der Waals surface area contributed by atoms with Gasteiger partial charge in [-0.2, -0.15) is 0 Å². The summed E-state index contributed by atoms with van der Waals surface area (Å²) in [5.41, 5.74) is 0.344. The molecule has 1 fully saturated rings. The van der Waals surface area contributed by atoms with Crippen LogP contribution in [-0.4, -0.2) is 29.8 Å². The van der Waals surface area contributed by atoms with Crippen molar-refractivity contribution in [3.8, 4) is 5.75 Å². The molecule has 1 aromatic rings. The van der Waals surface area contributed by atoms with Gasteiger partial charge in [-0.1, -0.05) is 12.8 Å². The van der Waals surface area contributed by atoms with Crippen LogP contribution >= 0.6 is 0 Å². The average Bonchev–Trinajstić information content (AvgIpc) is 2.90. The Hall–Kier alpha value is -2.24. The summed E-state index contributed by atoms with van der Waals surface area (Å²) in [6.45, 7) is 1.85. The molecule has 1 aliphatic rings. The minimum absolute atomic E-state index is 0.470. The van der Waals surface area contributed by atoms with E-state index in [1.165, 1.54) is 0 Å². The number of methoxy groups -OCH3 is 1. The SMILES string of the molecule is COc1ccc(NC(=O)NC2(C(=O)O)CCCC2)c(C)c1. The number of anilines is 1. The van der Waals surface area contributed by atoms with E-state index >= 15 is 0 Å². The number of carbonyl (C=O) groups excluding carboxylic acids is 1. The fourth-order valence-electron chi connectivity index (χ4n) is 2.65. The molecule has 1 aliphatic carbocycles. The van der Waals surface area contributed by atoms with E-state index in [9.17, 15) is 14.7 Å². The summed E-state index contributed by atoms with van der Waals surface area (Å²) in [5, 5.41) is 14.7. The van der Waals surface area contributed by atoms with Crippen LogP contribution in [0.1, 0.15) is 31.2 Å². The number of hydrogen-bond donors (Lipinski definition) is 3. The second-order valence-electron chi connectivity index (χ2n) is 5.35. The number of carboxylic acid groups (broad SMARTS) is 1. The van der Waals surface area contributed by atoms with Gasteiger partial charge in [0.05, 0.1) is 7.11 Å². The van der Waals surface area contributed by atoms with Crippen molar-refractivity contribution < 1.29 is 19.4 Å². The largest absolute Gasteiger partial charge is 0.497 e. The molecule has 0 aliphatic heterocycles. The Balaban J connectivity index is 2.06. The van der Waals surface area contributed by atoms with Crippen molar-refractivity contribution in [2.24, 2.45) is 0 Å². The van der Waals surface area contributed by atoms with Crippen molar-refractivity contribution in [1.82, 2.24) is 5.32 Å². The number of amides is 2. The summed E-state index contributed by atoms with van der Waals surface area (Å²) in [5.74, 6) is -0.266. The van der Waals surface area contributed by atoms with Crippen LogP contribution in [0.5, 0.6) is 5.75 Å². The maximum atomic E-state index is 12.1. The molecule has 0 radical (unpaired) electrons. The van der Waals surface area contributed by atoms with Crippen molar-refractivity contribution in [2.75, 3.05) is 12.4 Å². The molecule has 2 rings (SSSR count). The van der Waals surface area contributed by atoms with Gasteiger partial charge in [0.1, 0.15) is 11.3 Å². The maximum absolute atomic E-state index is 12.1. The van der Waals surface area contributed by atoms with E-state index in [1.807, 2.05) is 6.92 Å². The number of rotatable bonds is 4. The van der Waals surface area contributed by atoms with Crippen molar-refractivity contribution in [2.45, 2.75) is 38.1 Å². The zero-order valence-electron chi connectivity index (χ0n) is 12.2. The molecule has 0 aromatic heterocycles. The van der Waals surface area contributed by atoms with Gasteiger partial charge in [-0.25, -0.2) is 9.59 Å². The Morgan fingerprint density at radius 2 is 1.95 bits per heavy atom. The van der Waals surface area contributed by atoms with Gasteiger partial charge in [-0.15, -0.1) is 0 Å². The normalized spacial score (nSPS) is 16.3. The minimum atomic E-state index is -1.13. The summed E-state index contributed by atoms with van der Waals surface area (Å²) in [6.07, 6.45) is 2.57. The average molecular weight is 292 g/mol. The van der Waals surface area contributed by atoms with Gasteiger partial charge < -0.3 is 20.5 Å². The van der Waals surface area contributed by atoms with Gasteiger partial charge in [0, 0.05) is 5.69 Å². The first-order valence-corrected chi connectivity index (χ1v) is 6.94. The standard InChI is InChI=1S/C15H20N2O4/c1-10-9-11(21-2)5-6-12(10)16-14(20)17-15(13(18)19)7-3-4-8-15/h5-6,9H,3-4,7-8H2,1-2H3,(H,18,19)(H2,16,17,20). The smallest absolute Gasteiger partial charge is 0.329 e. The molecule has 0 bridgehead atoms. The Morgan fingerprint density at radius 1 is 1.29 bits per heavy atom. The van der Waals surface area contributed by atoms with Crippen molar-refractivity contribution in [3.05, 3.63) is 23.8 Å². The number of ether oxygens (including phenoxy) is 1. The molecule has 3 N–H and O–H groups in total. The van der Waals surface area contributed by atoms with Crippen LogP contribution in [0, 0.1) is 6.92 Å². The quantitative estimate of drug-likeness (QED) is 0.795. The molecule has 0 heterocycles. The van der Waals surface area contributed by atoms with E-state index in [0.717, 1.165) is 18.4 Å². The van der Waals surface area contributed by atoms with Gasteiger partial charge in [0.25, 0.3) is 0 Å². The highest BCUT2D eigenvalue weighted by molar-refractivity contribution is 5.94. The van der Waals surface area contributed by atoms with Crippen LogP contribution in [0.3, 0.4) is 0 Å². The molecule has 6 heteroatoms. The van der Waals surface area contributed by atoms with Crippen LogP contribution < -0.4 is 15.4 Å². The van der Waals surface area contributed by atoms with E-state index in [0.29, 0.717) is 24.3 Å². The van der Waals surface area contributed by atoms with E-state index in [1.54, 1.807) is 25.3 Å². The lowest BCUT2D eigenvalue weighted by molar-refractivity contribution is -0.144. The molecule has 1 aromatic carbocycles. The molecular weight excluding hydrogens is 272 g/mol. The predicted octanol–water partition coefficient (Wildman–Crippen LogP) is 2.52. The first kappa shape index (κ1) is 15.2. The van der Waals surface area contributed by atoms with Gasteiger partial charge >= 0.3 is 12.0 Å². The summed E-state index contributed by atoms with van der Waals surface area (Å²) in [4.78, 5) is 23.5. The van der Waals surface area contributed by atoms with Crippen LogP contribution in [0.25, 0.3) is 0 Å². The first-order chi connectivity index (χ1) is 9.97. The highest BCUT2D eigenvalue weighted by atomic mass is 16.5. The number of carbonyl (C=O) groups is 2. The van der Waals surface area contributed by atoms with Crippen molar-refractivity contribution >= 4 is 17.7 Å². The van der Waals surface area contributed by atoms with Crippen LogP contribution in [0.4, 0.5) is 10.5 Å². The number of benzene rings is 1. The molecular formula is C15H20N2O4. The van der Waals surface area contributed by atoms with Gasteiger partial charge in [0.15, 0.2) is 0 Å². The highest BCUT2D eigenvalue weighted by Crippen LogP contribution is 2.30. The number of carboxylic acids is 1. The Kier molecular flexibility index (Phi) is 4.35. The molecule has 0 unspecified atom stereocenters.